The molecule has 4 heteroatoms. The normalized spacial score (nSPS) is 15.3. The van der Waals surface area contributed by atoms with Crippen molar-refractivity contribution in [2.24, 2.45) is 0 Å². The maximum absolute atomic E-state index is 5.92. The van der Waals surface area contributed by atoms with Gasteiger partial charge in [-0.05, 0) is 6.92 Å². The standard InChI is InChI=1S/C12H16N2O2/c1-3-8(2)14-10-7-12-11(6-9(10)13)15-4-5-16-12/h3,6-8,14H,1,4-5,13H2,2H3. The smallest absolute Gasteiger partial charge is 0.163 e. The third-order valence-corrected chi connectivity index (χ3v) is 2.45. The third-order valence-electron chi connectivity index (χ3n) is 2.45. The van der Waals surface area contributed by atoms with Crippen LogP contribution in [0.3, 0.4) is 0 Å². The average Bonchev–Trinajstić information content (AvgIpc) is 2.30. The number of anilines is 2. The molecule has 0 aliphatic carbocycles. The van der Waals surface area contributed by atoms with Gasteiger partial charge in [0, 0.05) is 18.2 Å². The van der Waals surface area contributed by atoms with Crippen molar-refractivity contribution in [1.29, 1.82) is 0 Å². The Morgan fingerprint density at radius 1 is 1.38 bits per heavy atom. The highest BCUT2D eigenvalue weighted by Crippen LogP contribution is 2.37. The van der Waals surface area contributed by atoms with E-state index in [2.05, 4.69) is 11.9 Å². The quantitative estimate of drug-likeness (QED) is 0.604. The minimum absolute atomic E-state index is 0.157. The van der Waals surface area contributed by atoms with E-state index in [1.165, 1.54) is 0 Å². The van der Waals surface area contributed by atoms with Gasteiger partial charge in [-0.25, -0.2) is 0 Å². The monoisotopic (exact) mass is 220 g/mol. The molecule has 1 aliphatic rings. The lowest BCUT2D eigenvalue weighted by Crippen LogP contribution is -2.17. The van der Waals surface area contributed by atoms with Gasteiger partial charge in [0.05, 0.1) is 11.4 Å². The number of rotatable bonds is 3. The first-order valence-electron chi connectivity index (χ1n) is 5.29. The second-order valence-corrected chi connectivity index (χ2v) is 3.75. The molecule has 1 unspecified atom stereocenters. The average molecular weight is 220 g/mol. The molecule has 0 bridgehead atoms. The van der Waals surface area contributed by atoms with Gasteiger partial charge in [0.2, 0.25) is 0 Å². The number of hydrogen-bond acceptors (Lipinski definition) is 4. The number of benzene rings is 1. The number of fused-ring (bicyclic) bond motifs is 1. The zero-order chi connectivity index (χ0) is 11.5. The Labute approximate surface area is 95.0 Å². The molecule has 4 nitrogen and oxygen atoms in total. The van der Waals surface area contributed by atoms with E-state index in [-0.39, 0.29) is 6.04 Å². The molecule has 0 saturated carbocycles. The van der Waals surface area contributed by atoms with Crippen molar-refractivity contribution in [3.05, 3.63) is 24.8 Å². The Morgan fingerprint density at radius 3 is 2.62 bits per heavy atom. The predicted molar refractivity (Wildman–Crippen MR) is 65.1 cm³/mol. The summed E-state index contributed by atoms with van der Waals surface area (Å²) in [4.78, 5) is 0. The molecule has 0 saturated heterocycles. The Bertz CT molecular complexity index is 404. The Kier molecular flexibility index (Phi) is 2.90. The first-order valence-corrected chi connectivity index (χ1v) is 5.29. The van der Waals surface area contributed by atoms with Crippen molar-refractivity contribution < 1.29 is 9.47 Å². The van der Waals surface area contributed by atoms with Crippen molar-refractivity contribution in [2.45, 2.75) is 13.0 Å². The van der Waals surface area contributed by atoms with Gasteiger partial charge in [-0.15, -0.1) is 6.58 Å². The zero-order valence-corrected chi connectivity index (χ0v) is 9.32. The summed E-state index contributed by atoms with van der Waals surface area (Å²) in [7, 11) is 0. The maximum atomic E-state index is 5.92. The lowest BCUT2D eigenvalue weighted by atomic mass is 10.2. The van der Waals surface area contributed by atoms with Crippen LogP contribution in [-0.2, 0) is 0 Å². The van der Waals surface area contributed by atoms with Gasteiger partial charge in [0.1, 0.15) is 13.2 Å². The molecular weight excluding hydrogens is 204 g/mol. The summed E-state index contributed by atoms with van der Waals surface area (Å²) >= 11 is 0. The number of nitrogen functional groups attached to an aromatic ring is 1. The van der Waals surface area contributed by atoms with Crippen molar-refractivity contribution in [3.8, 4) is 11.5 Å². The molecule has 0 aromatic heterocycles. The van der Waals surface area contributed by atoms with Crippen LogP contribution in [-0.4, -0.2) is 19.3 Å². The van der Waals surface area contributed by atoms with Gasteiger partial charge in [-0.2, -0.15) is 0 Å². The minimum Gasteiger partial charge on any atom is -0.486 e. The van der Waals surface area contributed by atoms with Crippen LogP contribution in [0.5, 0.6) is 11.5 Å². The SMILES string of the molecule is C=CC(C)Nc1cc2c(cc1N)OCCO2. The van der Waals surface area contributed by atoms with E-state index in [4.69, 9.17) is 15.2 Å². The highest BCUT2D eigenvalue weighted by molar-refractivity contribution is 5.72. The van der Waals surface area contributed by atoms with Crippen LogP contribution in [0.1, 0.15) is 6.92 Å². The first-order chi connectivity index (χ1) is 7.70. The summed E-state index contributed by atoms with van der Waals surface area (Å²) in [5, 5.41) is 3.23. The summed E-state index contributed by atoms with van der Waals surface area (Å²) in [6.07, 6.45) is 1.82. The van der Waals surface area contributed by atoms with Gasteiger partial charge >= 0.3 is 0 Å². The van der Waals surface area contributed by atoms with Gasteiger partial charge in [0.25, 0.3) is 0 Å². The molecule has 1 aliphatic heterocycles. The van der Waals surface area contributed by atoms with E-state index >= 15 is 0 Å². The largest absolute Gasteiger partial charge is 0.486 e. The van der Waals surface area contributed by atoms with Gasteiger partial charge in [0.15, 0.2) is 11.5 Å². The van der Waals surface area contributed by atoms with Gasteiger partial charge in [-0.1, -0.05) is 6.08 Å². The van der Waals surface area contributed by atoms with E-state index in [0.717, 1.165) is 11.4 Å². The molecule has 1 aromatic carbocycles. The molecule has 16 heavy (non-hydrogen) atoms. The van der Waals surface area contributed by atoms with Crippen molar-refractivity contribution in [1.82, 2.24) is 0 Å². The number of hydrogen-bond donors (Lipinski definition) is 2. The van der Waals surface area contributed by atoms with Crippen LogP contribution < -0.4 is 20.5 Å². The van der Waals surface area contributed by atoms with E-state index in [0.29, 0.717) is 24.7 Å². The Morgan fingerprint density at radius 2 is 2.00 bits per heavy atom. The molecule has 0 spiro atoms. The van der Waals surface area contributed by atoms with E-state index in [1.54, 1.807) is 6.07 Å². The van der Waals surface area contributed by atoms with E-state index in [1.807, 2.05) is 19.1 Å². The fourth-order valence-corrected chi connectivity index (χ4v) is 1.53. The summed E-state index contributed by atoms with van der Waals surface area (Å²) in [5.74, 6) is 1.44. The topological polar surface area (TPSA) is 56.5 Å². The van der Waals surface area contributed by atoms with Crippen molar-refractivity contribution >= 4 is 11.4 Å². The summed E-state index contributed by atoms with van der Waals surface area (Å²) in [6.45, 7) is 6.87. The van der Waals surface area contributed by atoms with E-state index in [9.17, 15) is 0 Å². The molecule has 0 fully saturated rings. The van der Waals surface area contributed by atoms with Gasteiger partial charge in [-0.3, -0.25) is 0 Å². The molecule has 3 N–H and O–H groups in total. The second-order valence-electron chi connectivity index (χ2n) is 3.75. The fraction of sp³-hybridized carbons (Fsp3) is 0.333. The summed E-state index contributed by atoms with van der Waals surface area (Å²) in [6, 6.07) is 3.81. The van der Waals surface area contributed by atoms with Gasteiger partial charge < -0.3 is 20.5 Å². The fourth-order valence-electron chi connectivity index (χ4n) is 1.53. The van der Waals surface area contributed by atoms with Crippen LogP contribution in [0.2, 0.25) is 0 Å². The lowest BCUT2D eigenvalue weighted by molar-refractivity contribution is 0.172. The maximum Gasteiger partial charge on any atom is 0.163 e. The van der Waals surface area contributed by atoms with Crippen LogP contribution in [0.15, 0.2) is 24.8 Å². The third kappa shape index (κ3) is 2.05. The Hall–Kier alpha value is -1.84. The Balaban J connectivity index is 2.28. The molecule has 1 aromatic rings. The summed E-state index contributed by atoms with van der Waals surface area (Å²) < 4.78 is 10.9. The summed E-state index contributed by atoms with van der Waals surface area (Å²) in [5.41, 5.74) is 7.41. The minimum atomic E-state index is 0.157. The number of ether oxygens (including phenoxy) is 2. The number of nitrogens with two attached hydrogens (primary N) is 1. The molecule has 0 amide bonds. The zero-order valence-electron chi connectivity index (χ0n) is 9.32. The lowest BCUT2D eigenvalue weighted by Gasteiger charge is -2.21. The van der Waals surface area contributed by atoms with Crippen LogP contribution in [0.25, 0.3) is 0 Å². The van der Waals surface area contributed by atoms with Crippen LogP contribution in [0, 0.1) is 0 Å². The molecular formula is C12H16N2O2. The molecule has 1 heterocycles. The molecule has 86 valence electrons. The second kappa shape index (κ2) is 4.35. The van der Waals surface area contributed by atoms with Crippen molar-refractivity contribution in [2.75, 3.05) is 24.3 Å². The molecule has 2 rings (SSSR count). The van der Waals surface area contributed by atoms with Crippen molar-refractivity contribution in [3.63, 3.8) is 0 Å². The van der Waals surface area contributed by atoms with Crippen LogP contribution >= 0.6 is 0 Å². The molecule has 1 atom stereocenters. The first kappa shape index (κ1) is 10.7. The predicted octanol–water partition coefficient (Wildman–Crippen LogP) is 2.03. The molecule has 0 radical (unpaired) electrons. The highest BCUT2D eigenvalue weighted by Gasteiger charge is 2.14. The van der Waals surface area contributed by atoms with Crippen LogP contribution in [0.4, 0.5) is 11.4 Å². The highest BCUT2D eigenvalue weighted by atomic mass is 16.6. The van der Waals surface area contributed by atoms with E-state index < -0.39 is 0 Å². The number of nitrogens with one attached hydrogen (secondary N) is 1.